The smallest absolute Gasteiger partial charge is 0.260 e. The molecular weight excluding hydrogens is 1240 g/mol. The number of rotatable bonds is 50. The van der Waals surface area contributed by atoms with Gasteiger partial charge in [0.2, 0.25) is 0 Å². The molecule has 0 spiro atoms. The lowest BCUT2D eigenvalue weighted by Gasteiger charge is -2.27. The predicted octanol–water partition coefficient (Wildman–Crippen LogP) is 26.7. The lowest BCUT2D eigenvalue weighted by molar-refractivity contribution is -0.114. The summed E-state index contributed by atoms with van der Waals surface area (Å²) in [6.45, 7) is 10.7. The summed E-state index contributed by atoms with van der Waals surface area (Å²) in [4.78, 5) is 48.6. The highest BCUT2D eigenvalue weighted by Crippen LogP contribution is 2.44. The molecule has 4 nitrogen and oxygen atoms in total. The molecule has 2 unspecified atom stereocenters. The fourth-order valence-corrected chi connectivity index (χ4v) is 20.4. The van der Waals surface area contributed by atoms with E-state index >= 15 is 9.59 Å². The highest BCUT2D eigenvalue weighted by Gasteiger charge is 2.38. The summed E-state index contributed by atoms with van der Waals surface area (Å²) in [6, 6.07) is 31.4. The molecule has 0 radical (unpaired) electrons. The molecule has 6 aromatic heterocycles. The zero-order valence-electron chi connectivity index (χ0n) is 57.3. The third-order valence-corrected chi connectivity index (χ3v) is 26.7. The van der Waals surface area contributed by atoms with Gasteiger partial charge in [0, 0.05) is 72.3 Å². The number of hydrogen-bond acceptors (Lipinski definition) is 8. The van der Waals surface area contributed by atoms with Gasteiger partial charge in [0.25, 0.3) is 11.8 Å². The molecule has 1 aromatic carbocycles. The Balaban J connectivity index is 1.07. The van der Waals surface area contributed by atoms with E-state index in [1.165, 1.54) is 270 Å². The third kappa shape index (κ3) is 21.6. The summed E-state index contributed by atoms with van der Waals surface area (Å²) in [5.74, 6) is 1.08. The number of nitrogens with zero attached hydrogens (tertiary/aromatic N) is 2. The molecule has 2 aliphatic heterocycles. The average Bonchev–Trinajstić information content (AvgIpc) is 1.57. The van der Waals surface area contributed by atoms with Gasteiger partial charge in [-0.25, -0.2) is 0 Å². The van der Waals surface area contributed by atoms with Crippen LogP contribution in [0.4, 0.5) is 11.4 Å². The molecule has 500 valence electrons. The minimum atomic E-state index is 0.136. The Labute approximate surface area is 581 Å². The van der Waals surface area contributed by atoms with Crippen LogP contribution in [0.1, 0.15) is 294 Å². The molecule has 0 bridgehead atoms. The van der Waals surface area contributed by atoms with E-state index in [9.17, 15) is 0 Å². The fourth-order valence-electron chi connectivity index (χ4n) is 14.4. The van der Waals surface area contributed by atoms with E-state index in [2.05, 4.69) is 133 Å². The van der Waals surface area contributed by atoms with Crippen LogP contribution in [-0.4, -0.2) is 24.9 Å². The minimum Gasteiger partial charge on any atom is -0.307 e. The van der Waals surface area contributed by atoms with Gasteiger partial charge in [-0.2, -0.15) is 0 Å². The van der Waals surface area contributed by atoms with Crippen LogP contribution in [0.25, 0.3) is 50.2 Å². The molecule has 7 aromatic rings. The molecule has 9 rings (SSSR count). The first kappa shape index (κ1) is 72.4. The normalized spacial score (nSPS) is 13.8. The molecular formula is C82H114N2O2S6. The number of fused-ring (bicyclic) bond motifs is 2. The maximum absolute atomic E-state index is 16.0. The Morgan fingerprint density at radius 2 is 0.533 bits per heavy atom. The lowest BCUT2D eigenvalue weighted by atomic mass is 9.93. The zero-order chi connectivity index (χ0) is 64.0. The second kappa shape index (κ2) is 40.6. The topological polar surface area (TPSA) is 40.6 Å². The Morgan fingerprint density at radius 3 is 0.793 bits per heavy atom. The van der Waals surface area contributed by atoms with E-state index in [0.717, 1.165) is 81.5 Å². The number of amides is 2. The molecule has 0 aliphatic carbocycles. The summed E-state index contributed by atoms with van der Waals surface area (Å²) >= 11 is 10.8. The average molecular weight is 1350 g/mol. The van der Waals surface area contributed by atoms with Crippen molar-refractivity contribution in [2.75, 3.05) is 22.9 Å². The summed E-state index contributed by atoms with van der Waals surface area (Å²) < 4.78 is 0. The first-order valence-corrected chi connectivity index (χ1v) is 42.5. The Bertz CT molecular complexity index is 3110. The second-order valence-electron chi connectivity index (χ2n) is 27.3. The monoisotopic (exact) mass is 1350 g/mol. The highest BCUT2D eigenvalue weighted by atomic mass is 32.1. The number of thiophene rings is 6. The van der Waals surface area contributed by atoms with Gasteiger partial charge in [-0.05, 0) is 121 Å². The number of carbonyl (C=O) groups is 2. The van der Waals surface area contributed by atoms with Gasteiger partial charge >= 0.3 is 0 Å². The number of anilines is 2. The molecule has 92 heavy (non-hydrogen) atoms. The summed E-state index contributed by atoms with van der Waals surface area (Å²) in [6.07, 6.45) is 52.1. The van der Waals surface area contributed by atoms with E-state index in [1.807, 2.05) is 22.7 Å². The minimum absolute atomic E-state index is 0.136. The second-order valence-corrected chi connectivity index (χ2v) is 33.5. The van der Waals surface area contributed by atoms with Crippen molar-refractivity contribution in [2.24, 2.45) is 11.8 Å². The van der Waals surface area contributed by atoms with E-state index in [1.54, 1.807) is 45.3 Å². The van der Waals surface area contributed by atoms with E-state index in [4.69, 9.17) is 0 Å². The van der Waals surface area contributed by atoms with Gasteiger partial charge in [0.05, 0.1) is 22.5 Å². The van der Waals surface area contributed by atoms with Crippen molar-refractivity contribution in [3.8, 4) is 39.0 Å². The van der Waals surface area contributed by atoms with Gasteiger partial charge in [-0.15, -0.1) is 68.0 Å². The van der Waals surface area contributed by atoms with Crippen LogP contribution in [0.2, 0.25) is 0 Å². The SMILES string of the molecule is CCCCCCCCCCCCC(CCCCCCCCCC)CN1C(=O)C(c2ccc(-c3ccc(-c4cccs4)s3)s2)=c2cc3c(cc21)=C(c1ccc(-c2ccc(-c4cccs4)s2)s1)C(=O)N3CC(CCCCCCCCCC)CCCCCCCCCCCC. The van der Waals surface area contributed by atoms with Crippen molar-refractivity contribution in [2.45, 2.75) is 285 Å². The molecule has 2 amide bonds. The van der Waals surface area contributed by atoms with Gasteiger partial charge in [0.15, 0.2) is 0 Å². The quantitative estimate of drug-likeness (QED) is 0.0357. The molecule has 0 N–H and O–H groups in total. The molecule has 10 heteroatoms. The summed E-state index contributed by atoms with van der Waals surface area (Å²) in [5.41, 5.74) is 3.64. The number of hydrogen-bond donors (Lipinski definition) is 0. The van der Waals surface area contributed by atoms with Gasteiger partial charge < -0.3 is 9.80 Å². The molecule has 2 aliphatic rings. The molecule has 8 heterocycles. The van der Waals surface area contributed by atoms with Crippen molar-refractivity contribution in [1.29, 1.82) is 0 Å². The van der Waals surface area contributed by atoms with Crippen molar-refractivity contribution in [3.05, 3.63) is 116 Å². The van der Waals surface area contributed by atoms with Gasteiger partial charge in [-0.1, -0.05) is 271 Å². The van der Waals surface area contributed by atoms with Crippen LogP contribution in [0.15, 0.2) is 95.7 Å². The van der Waals surface area contributed by atoms with Crippen LogP contribution in [0.5, 0.6) is 0 Å². The zero-order valence-corrected chi connectivity index (χ0v) is 62.2. The van der Waals surface area contributed by atoms with Crippen LogP contribution < -0.4 is 20.2 Å². The molecule has 0 fully saturated rings. The molecule has 2 atom stereocenters. The largest absolute Gasteiger partial charge is 0.307 e. The van der Waals surface area contributed by atoms with Gasteiger partial charge in [0.1, 0.15) is 0 Å². The van der Waals surface area contributed by atoms with Gasteiger partial charge in [-0.3, -0.25) is 9.59 Å². The van der Waals surface area contributed by atoms with Crippen molar-refractivity contribution < 1.29 is 9.59 Å². The lowest BCUT2D eigenvalue weighted by Crippen LogP contribution is -2.35. The van der Waals surface area contributed by atoms with E-state index in [-0.39, 0.29) is 11.8 Å². The van der Waals surface area contributed by atoms with Crippen molar-refractivity contribution in [3.63, 3.8) is 0 Å². The first-order valence-electron chi connectivity index (χ1n) is 37.4. The maximum Gasteiger partial charge on any atom is 0.260 e. The van der Waals surface area contributed by atoms with E-state index < -0.39 is 0 Å². The van der Waals surface area contributed by atoms with Crippen LogP contribution >= 0.6 is 68.0 Å². The Hall–Kier alpha value is -3.90. The Morgan fingerprint density at radius 1 is 0.293 bits per heavy atom. The number of benzene rings is 1. The number of carbonyl (C=O) groups excluding carboxylic acids is 2. The maximum atomic E-state index is 16.0. The molecule has 0 saturated carbocycles. The van der Waals surface area contributed by atoms with Crippen LogP contribution in [0.3, 0.4) is 0 Å². The third-order valence-electron chi connectivity index (χ3n) is 19.8. The summed E-state index contributed by atoms with van der Waals surface area (Å²) in [7, 11) is 0. The summed E-state index contributed by atoms with van der Waals surface area (Å²) in [5, 5.41) is 6.34. The van der Waals surface area contributed by atoms with Crippen molar-refractivity contribution in [1.82, 2.24) is 0 Å². The fraction of sp³-hybridized carbons (Fsp3) is 0.585. The molecule has 0 saturated heterocycles. The number of unbranched alkanes of at least 4 members (excludes halogenated alkanes) is 32. The van der Waals surface area contributed by atoms with Crippen LogP contribution in [-0.2, 0) is 9.59 Å². The standard InChI is InChI=1S/C82H114N2O2S6/c1-5-9-13-17-21-25-27-31-35-39-45-63(43-37-33-29-23-19-15-11-7-3)61-83-67-59-66-68(60-65(67)79(81(83)85)77-55-53-75(91-77)73-51-49-71(89-73)69-47-41-57-87-69)84(82(86)80(66)78-56-54-76(92-78)74-52-50-72(90-74)70-48-42-58-88-70)62-64(44-38-34-30-24-20-16-12-8-4)46-40-36-32-28-26-22-18-14-10-6-2/h41-42,47-60,63-64H,5-40,43-46,61-62H2,1-4H3. The van der Waals surface area contributed by atoms with Crippen LogP contribution in [0, 0.1) is 11.8 Å². The predicted molar refractivity (Wildman–Crippen MR) is 412 cm³/mol. The van der Waals surface area contributed by atoms with E-state index in [0.29, 0.717) is 11.8 Å². The Kier molecular flexibility index (Phi) is 31.9. The first-order chi connectivity index (χ1) is 45.4. The van der Waals surface area contributed by atoms with Crippen molar-refractivity contribution >= 4 is 102 Å². The highest BCUT2D eigenvalue weighted by molar-refractivity contribution is 7.27.